The first-order chi connectivity index (χ1) is 10.1. The van der Waals surface area contributed by atoms with Crippen molar-refractivity contribution >= 4 is 11.7 Å². The van der Waals surface area contributed by atoms with Crippen LogP contribution in [0.3, 0.4) is 0 Å². The molecule has 5 heteroatoms. The van der Waals surface area contributed by atoms with E-state index >= 15 is 0 Å². The molecule has 1 aromatic heterocycles. The number of aliphatic hydroxyl groups is 1. The van der Waals surface area contributed by atoms with Crippen LogP contribution in [0, 0.1) is 12.8 Å². The van der Waals surface area contributed by atoms with Gasteiger partial charge in [-0.25, -0.2) is 0 Å². The van der Waals surface area contributed by atoms with Crippen LogP contribution in [0.1, 0.15) is 12.1 Å². The van der Waals surface area contributed by atoms with Gasteiger partial charge >= 0.3 is 0 Å². The monoisotopic (exact) mass is 285 g/mol. The van der Waals surface area contributed by atoms with Gasteiger partial charge < -0.3 is 5.11 Å². The predicted molar refractivity (Wildman–Crippen MR) is 80.9 cm³/mol. The van der Waals surface area contributed by atoms with E-state index in [9.17, 15) is 9.90 Å². The van der Waals surface area contributed by atoms with Gasteiger partial charge in [0.25, 0.3) is 0 Å². The first kappa shape index (κ1) is 13.8. The average molecular weight is 285 g/mol. The first-order valence-electron chi connectivity index (χ1n) is 7.12. The molecular formula is C16H19N3O2. The topological polar surface area (TPSA) is 58.4 Å². The highest BCUT2D eigenvalue weighted by atomic mass is 16.3. The lowest BCUT2D eigenvalue weighted by Gasteiger charge is -2.19. The zero-order valence-corrected chi connectivity index (χ0v) is 12.3. The van der Waals surface area contributed by atoms with E-state index in [1.807, 2.05) is 44.3 Å². The summed E-state index contributed by atoms with van der Waals surface area (Å²) in [4.78, 5) is 14.0. The van der Waals surface area contributed by atoms with Crippen molar-refractivity contribution in [2.75, 3.05) is 18.1 Å². The minimum atomic E-state index is 0.0105. The average Bonchev–Trinajstić information content (AvgIpc) is 2.99. The van der Waals surface area contributed by atoms with Gasteiger partial charge in [-0.3, -0.25) is 14.4 Å². The van der Waals surface area contributed by atoms with Gasteiger partial charge in [0.1, 0.15) is 5.82 Å². The minimum absolute atomic E-state index is 0.0105. The molecule has 3 rings (SSSR count). The largest absolute Gasteiger partial charge is 0.396 e. The highest BCUT2D eigenvalue weighted by molar-refractivity contribution is 5.99. The maximum atomic E-state index is 12.3. The third-order valence-corrected chi connectivity index (χ3v) is 3.97. The van der Waals surface area contributed by atoms with Gasteiger partial charge in [-0.1, -0.05) is 30.3 Å². The Bertz CT molecular complexity index is 664. The van der Waals surface area contributed by atoms with Crippen molar-refractivity contribution in [3.8, 4) is 11.1 Å². The van der Waals surface area contributed by atoms with Crippen LogP contribution < -0.4 is 4.90 Å². The molecule has 1 atom stereocenters. The Kier molecular flexibility index (Phi) is 3.51. The molecule has 1 aromatic carbocycles. The molecule has 0 aliphatic carbocycles. The van der Waals surface area contributed by atoms with E-state index in [1.165, 1.54) is 0 Å². The maximum absolute atomic E-state index is 12.3. The van der Waals surface area contributed by atoms with Crippen molar-refractivity contribution in [3.63, 3.8) is 0 Å². The zero-order valence-electron chi connectivity index (χ0n) is 12.3. The summed E-state index contributed by atoms with van der Waals surface area (Å²) in [5.41, 5.74) is 2.95. The van der Waals surface area contributed by atoms with Crippen molar-refractivity contribution < 1.29 is 9.90 Å². The summed E-state index contributed by atoms with van der Waals surface area (Å²) in [5, 5.41) is 13.8. The zero-order chi connectivity index (χ0) is 15.0. The fourth-order valence-corrected chi connectivity index (χ4v) is 3.01. The Labute approximate surface area is 123 Å². The normalized spacial score (nSPS) is 18.5. The minimum Gasteiger partial charge on any atom is -0.396 e. The standard InChI is InChI=1S/C16H19N3O2/c1-11-15(13-6-4-3-5-7-13)16(18(2)17-11)19-9-12(10-20)8-14(19)21/h3-7,12,20H,8-10H2,1-2H3. The summed E-state index contributed by atoms with van der Waals surface area (Å²) in [6, 6.07) is 9.98. The summed E-state index contributed by atoms with van der Waals surface area (Å²) in [5.74, 6) is 0.880. The molecule has 0 radical (unpaired) electrons. The second-order valence-electron chi connectivity index (χ2n) is 5.53. The summed E-state index contributed by atoms with van der Waals surface area (Å²) in [6.07, 6.45) is 0.398. The smallest absolute Gasteiger partial charge is 0.228 e. The number of amides is 1. The van der Waals surface area contributed by atoms with Crippen molar-refractivity contribution in [1.82, 2.24) is 9.78 Å². The molecule has 0 saturated carbocycles. The molecule has 2 aromatic rings. The molecule has 1 unspecified atom stereocenters. The quantitative estimate of drug-likeness (QED) is 0.934. The van der Waals surface area contributed by atoms with Crippen molar-refractivity contribution in [1.29, 1.82) is 0 Å². The third kappa shape index (κ3) is 2.34. The molecule has 1 fully saturated rings. The molecule has 0 bridgehead atoms. The molecule has 110 valence electrons. The molecule has 1 N–H and O–H groups in total. The van der Waals surface area contributed by atoms with Gasteiger partial charge in [0.2, 0.25) is 5.91 Å². The van der Waals surface area contributed by atoms with Crippen LogP contribution in [0.25, 0.3) is 11.1 Å². The number of carbonyl (C=O) groups is 1. The SMILES string of the molecule is Cc1nn(C)c(N2CC(CO)CC2=O)c1-c1ccccc1. The Morgan fingerprint density at radius 2 is 2.05 bits per heavy atom. The second-order valence-corrected chi connectivity index (χ2v) is 5.53. The van der Waals surface area contributed by atoms with E-state index in [2.05, 4.69) is 5.10 Å². The van der Waals surface area contributed by atoms with E-state index in [4.69, 9.17) is 0 Å². The Hall–Kier alpha value is -2.14. The molecule has 5 nitrogen and oxygen atoms in total. The number of nitrogens with zero attached hydrogens (tertiary/aromatic N) is 3. The van der Waals surface area contributed by atoms with Crippen LogP contribution in [0.4, 0.5) is 5.82 Å². The fraction of sp³-hybridized carbons (Fsp3) is 0.375. The van der Waals surface area contributed by atoms with Gasteiger partial charge in [-0.2, -0.15) is 5.10 Å². The van der Waals surface area contributed by atoms with Crippen molar-refractivity contribution in [2.24, 2.45) is 13.0 Å². The molecule has 1 aliphatic rings. The molecule has 21 heavy (non-hydrogen) atoms. The van der Waals surface area contributed by atoms with E-state index in [0.717, 1.165) is 22.6 Å². The van der Waals surface area contributed by atoms with E-state index < -0.39 is 0 Å². The Morgan fingerprint density at radius 3 is 2.67 bits per heavy atom. The van der Waals surface area contributed by atoms with Gasteiger partial charge in [0, 0.05) is 38.1 Å². The number of rotatable bonds is 3. The lowest BCUT2D eigenvalue weighted by Crippen LogP contribution is -2.27. The molecular weight excluding hydrogens is 266 g/mol. The van der Waals surface area contributed by atoms with Crippen LogP contribution >= 0.6 is 0 Å². The van der Waals surface area contributed by atoms with Crippen molar-refractivity contribution in [2.45, 2.75) is 13.3 Å². The maximum Gasteiger partial charge on any atom is 0.228 e. The molecule has 1 aliphatic heterocycles. The van der Waals surface area contributed by atoms with Gasteiger partial charge in [-0.15, -0.1) is 0 Å². The number of hydrogen-bond donors (Lipinski definition) is 1. The lowest BCUT2D eigenvalue weighted by atomic mass is 10.1. The van der Waals surface area contributed by atoms with Crippen molar-refractivity contribution in [3.05, 3.63) is 36.0 Å². The van der Waals surface area contributed by atoms with Crippen LogP contribution in [0.2, 0.25) is 0 Å². The molecule has 2 heterocycles. The van der Waals surface area contributed by atoms with Gasteiger partial charge in [-0.05, 0) is 12.5 Å². The summed E-state index contributed by atoms with van der Waals surface area (Å²) >= 11 is 0. The third-order valence-electron chi connectivity index (χ3n) is 3.97. The summed E-state index contributed by atoms with van der Waals surface area (Å²) in [7, 11) is 1.86. The van der Waals surface area contributed by atoms with Crippen LogP contribution in [-0.2, 0) is 11.8 Å². The number of carbonyl (C=O) groups excluding carboxylic acids is 1. The second kappa shape index (κ2) is 5.33. The van der Waals surface area contributed by atoms with E-state index in [0.29, 0.717) is 13.0 Å². The van der Waals surface area contributed by atoms with Crippen LogP contribution in [-0.4, -0.2) is 33.9 Å². The van der Waals surface area contributed by atoms with Gasteiger partial charge in [0.15, 0.2) is 0 Å². The first-order valence-corrected chi connectivity index (χ1v) is 7.12. The molecule has 1 saturated heterocycles. The van der Waals surface area contributed by atoms with Gasteiger partial charge in [0.05, 0.1) is 5.69 Å². The molecule has 0 spiro atoms. The number of hydrogen-bond acceptors (Lipinski definition) is 3. The Balaban J connectivity index is 2.09. The molecule has 1 amide bonds. The highest BCUT2D eigenvalue weighted by Gasteiger charge is 2.34. The highest BCUT2D eigenvalue weighted by Crippen LogP contribution is 2.36. The number of anilines is 1. The number of aromatic nitrogens is 2. The summed E-state index contributed by atoms with van der Waals surface area (Å²) in [6.45, 7) is 2.55. The van der Waals surface area contributed by atoms with E-state index in [-0.39, 0.29) is 18.4 Å². The Morgan fingerprint density at radius 1 is 1.33 bits per heavy atom. The summed E-state index contributed by atoms with van der Waals surface area (Å²) < 4.78 is 1.76. The number of benzene rings is 1. The fourth-order valence-electron chi connectivity index (χ4n) is 3.01. The lowest BCUT2D eigenvalue weighted by molar-refractivity contribution is -0.117. The van der Waals surface area contributed by atoms with Crippen LogP contribution in [0.15, 0.2) is 30.3 Å². The van der Waals surface area contributed by atoms with E-state index in [1.54, 1.807) is 9.58 Å². The predicted octanol–water partition coefficient (Wildman–Crippen LogP) is 1.74. The number of aryl methyl sites for hydroxylation is 2. The van der Waals surface area contributed by atoms with Crippen LogP contribution in [0.5, 0.6) is 0 Å². The number of aliphatic hydroxyl groups excluding tert-OH is 1.